The van der Waals surface area contributed by atoms with Gasteiger partial charge in [0, 0.05) is 10.0 Å². The molecule has 0 aromatic heterocycles. The van der Waals surface area contributed by atoms with E-state index in [1.807, 2.05) is 18.2 Å². The topological polar surface area (TPSA) is 0 Å². The van der Waals surface area contributed by atoms with Gasteiger partial charge in [-0.15, -0.1) is 0 Å². The van der Waals surface area contributed by atoms with E-state index in [1.165, 1.54) is 0 Å². The molecule has 0 heterocycles. The first-order chi connectivity index (χ1) is 9.94. The second-order valence-electron chi connectivity index (χ2n) is 4.56. The van der Waals surface area contributed by atoms with Gasteiger partial charge in [0.25, 0.3) is 0 Å². The Kier molecular flexibility index (Phi) is 5.08. The molecule has 0 aliphatic carbocycles. The molecule has 0 fully saturated rings. The summed E-state index contributed by atoms with van der Waals surface area (Å²) >= 11 is 3.27. The molecule has 0 amide bonds. The molecule has 0 saturated carbocycles. The van der Waals surface area contributed by atoms with E-state index in [2.05, 4.69) is 27.8 Å². The maximum absolute atomic E-state index is 12.7. The second kappa shape index (κ2) is 6.82. The van der Waals surface area contributed by atoms with Gasteiger partial charge >= 0.3 is 6.18 Å². The Balaban J connectivity index is 2.29. The summed E-state index contributed by atoms with van der Waals surface area (Å²) in [7, 11) is 0. The highest BCUT2D eigenvalue weighted by Crippen LogP contribution is 2.31. The number of hydrogen-bond donors (Lipinski definition) is 0. The number of halogens is 4. The molecule has 1 unspecified atom stereocenters. The van der Waals surface area contributed by atoms with Crippen LogP contribution in [0.1, 0.15) is 23.5 Å². The zero-order valence-electron chi connectivity index (χ0n) is 11.0. The lowest BCUT2D eigenvalue weighted by Gasteiger charge is -2.13. The Morgan fingerprint density at radius 1 is 0.952 bits per heavy atom. The van der Waals surface area contributed by atoms with Gasteiger partial charge in [0.2, 0.25) is 0 Å². The third kappa shape index (κ3) is 5.28. The molecule has 1 atom stereocenters. The molecule has 0 nitrogen and oxygen atoms in total. The van der Waals surface area contributed by atoms with Crippen LogP contribution in [0.3, 0.4) is 0 Å². The third-order valence-electron chi connectivity index (χ3n) is 2.87. The molecule has 108 valence electrons. The van der Waals surface area contributed by atoms with Crippen molar-refractivity contribution >= 4 is 15.9 Å². The van der Waals surface area contributed by atoms with E-state index in [1.54, 1.807) is 36.4 Å². The van der Waals surface area contributed by atoms with Crippen molar-refractivity contribution in [3.63, 3.8) is 0 Å². The van der Waals surface area contributed by atoms with E-state index < -0.39 is 18.5 Å². The maximum atomic E-state index is 12.7. The van der Waals surface area contributed by atoms with Crippen molar-refractivity contribution in [2.24, 2.45) is 0 Å². The summed E-state index contributed by atoms with van der Waals surface area (Å²) in [4.78, 5) is 0. The summed E-state index contributed by atoms with van der Waals surface area (Å²) in [5, 5.41) is 0. The zero-order valence-corrected chi connectivity index (χ0v) is 12.6. The minimum Gasteiger partial charge on any atom is -0.171 e. The fourth-order valence-corrected chi connectivity index (χ4v) is 2.14. The van der Waals surface area contributed by atoms with Gasteiger partial charge in [-0.2, -0.15) is 13.2 Å². The van der Waals surface area contributed by atoms with Crippen molar-refractivity contribution in [1.29, 1.82) is 0 Å². The molecule has 0 N–H and O–H groups in total. The summed E-state index contributed by atoms with van der Waals surface area (Å²) in [5.74, 6) is 4.70. The van der Waals surface area contributed by atoms with Crippen molar-refractivity contribution in [2.75, 3.05) is 0 Å². The summed E-state index contributed by atoms with van der Waals surface area (Å²) in [6.45, 7) is 0. The van der Waals surface area contributed by atoms with E-state index in [-0.39, 0.29) is 0 Å². The third-order valence-corrected chi connectivity index (χ3v) is 3.40. The van der Waals surface area contributed by atoms with Gasteiger partial charge in [-0.05, 0) is 29.8 Å². The van der Waals surface area contributed by atoms with Gasteiger partial charge in [-0.3, -0.25) is 0 Å². The minimum atomic E-state index is -4.25. The molecule has 2 rings (SSSR count). The van der Waals surface area contributed by atoms with Crippen LogP contribution in [-0.4, -0.2) is 6.18 Å². The Morgan fingerprint density at radius 2 is 1.57 bits per heavy atom. The van der Waals surface area contributed by atoms with E-state index in [0.717, 1.165) is 4.47 Å². The smallest absolute Gasteiger partial charge is 0.171 e. The molecule has 4 heteroatoms. The fraction of sp³-hybridized carbons (Fsp3) is 0.176. The predicted molar refractivity (Wildman–Crippen MR) is 80.9 cm³/mol. The molecule has 21 heavy (non-hydrogen) atoms. The van der Waals surface area contributed by atoms with Gasteiger partial charge in [0.05, 0.1) is 12.3 Å². The largest absolute Gasteiger partial charge is 0.390 e. The number of rotatable bonds is 2. The Labute approximate surface area is 130 Å². The first kappa shape index (κ1) is 15.7. The number of hydrogen-bond acceptors (Lipinski definition) is 0. The highest BCUT2D eigenvalue weighted by molar-refractivity contribution is 9.10. The standard InChI is InChI=1S/C17H12BrF3/c18-16-10-8-14(9-11-16)15(12-17(19,20)21)7-6-13-4-2-1-3-5-13/h1-5,8-11,15H,12H2. The Hall–Kier alpha value is -1.73. The molecular formula is C17H12BrF3. The van der Waals surface area contributed by atoms with Crippen molar-refractivity contribution in [1.82, 2.24) is 0 Å². The van der Waals surface area contributed by atoms with Crippen LogP contribution >= 0.6 is 15.9 Å². The van der Waals surface area contributed by atoms with E-state index in [4.69, 9.17) is 0 Å². The van der Waals surface area contributed by atoms with Crippen molar-refractivity contribution < 1.29 is 13.2 Å². The lowest BCUT2D eigenvalue weighted by Crippen LogP contribution is -2.13. The zero-order chi connectivity index (χ0) is 15.3. The summed E-state index contributed by atoms with van der Waals surface area (Å²) in [5.41, 5.74) is 1.28. The van der Waals surface area contributed by atoms with Crippen LogP contribution in [-0.2, 0) is 0 Å². The van der Waals surface area contributed by atoms with Crippen molar-refractivity contribution in [3.05, 3.63) is 70.2 Å². The predicted octanol–water partition coefficient (Wildman–Crippen LogP) is 5.54. The molecule has 2 aromatic rings. The fourth-order valence-electron chi connectivity index (χ4n) is 1.87. The molecule has 0 radical (unpaired) electrons. The Bertz CT molecular complexity index is 634. The van der Waals surface area contributed by atoms with Crippen LogP contribution in [0.2, 0.25) is 0 Å². The molecule has 0 saturated heterocycles. The first-order valence-corrected chi connectivity index (χ1v) is 7.12. The van der Waals surface area contributed by atoms with Gasteiger partial charge in [-0.1, -0.05) is 58.1 Å². The second-order valence-corrected chi connectivity index (χ2v) is 5.47. The lowest BCUT2D eigenvalue weighted by atomic mass is 9.95. The van der Waals surface area contributed by atoms with E-state index >= 15 is 0 Å². The first-order valence-electron chi connectivity index (χ1n) is 6.33. The maximum Gasteiger partial charge on any atom is 0.390 e. The highest BCUT2D eigenvalue weighted by atomic mass is 79.9. The van der Waals surface area contributed by atoms with Crippen LogP contribution in [0.5, 0.6) is 0 Å². The minimum absolute atomic E-state index is 0.568. The number of alkyl halides is 3. The van der Waals surface area contributed by atoms with Crippen LogP contribution in [0.25, 0.3) is 0 Å². The lowest BCUT2D eigenvalue weighted by molar-refractivity contribution is -0.136. The monoisotopic (exact) mass is 352 g/mol. The van der Waals surface area contributed by atoms with E-state index in [9.17, 15) is 13.2 Å². The molecule has 0 bridgehead atoms. The molecular weight excluding hydrogens is 341 g/mol. The summed E-state index contributed by atoms with van der Waals surface area (Å²) < 4.78 is 39.0. The number of benzene rings is 2. The SMILES string of the molecule is FC(F)(F)CC(C#Cc1ccccc1)c1ccc(Br)cc1. The Morgan fingerprint density at radius 3 is 2.14 bits per heavy atom. The molecule has 0 aliphatic heterocycles. The van der Waals surface area contributed by atoms with Crippen LogP contribution < -0.4 is 0 Å². The highest BCUT2D eigenvalue weighted by Gasteiger charge is 2.31. The summed E-state index contributed by atoms with van der Waals surface area (Å²) in [6.07, 6.45) is -5.20. The van der Waals surface area contributed by atoms with Gasteiger partial charge < -0.3 is 0 Å². The normalized spacial score (nSPS) is 12.4. The average Bonchev–Trinajstić information content (AvgIpc) is 2.44. The van der Waals surface area contributed by atoms with Gasteiger partial charge in [0.1, 0.15) is 0 Å². The molecule has 2 aromatic carbocycles. The molecule has 0 aliphatic rings. The molecule has 0 spiro atoms. The van der Waals surface area contributed by atoms with Gasteiger partial charge in [-0.25, -0.2) is 0 Å². The van der Waals surface area contributed by atoms with E-state index in [0.29, 0.717) is 11.1 Å². The van der Waals surface area contributed by atoms with Crippen molar-refractivity contribution in [2.45, 2.75) is 18.5 Å². The quantitative estimate of drug-likeness (QED) is 0.622. The van der Waals surface area contributed by atoms with Gasteiger partial charge in [0.15, 0.2) is 0 Å². The van der Waals surface area contributed by atoms with Crippen molar-refractivity contribution in [3.8, 4) is 11.8 Å². The summed E-state index contributed by atoms with van der Waals surface area (Å²) in [6, 6.07) is 15.8. The average molecular weight is 353 g/mol. The van der Waals surface area contributed by atoms with Crippen LogP contribution in [0.4, 0.5) is 13.2 Å². The van der Waals surface area contributed by atoms with Crippen LogP contribution in [0.15, 0.2) is 59.1 Å². The van der Waals surface area contributed by atoms with Crippen LogP contribution in [0, 0.1) is 11.8 Å².